The van der Waals surface area contributed by atoms with Crippen molar-refractivity contribution in [3.8, 4) is 0 Å². The van der Waals surface area contributed by atoms with Crippen molar-refractivity contribution in [3.05, 3.63) is 58.3 Å². The molecule has 2 aromatic rings. The van der Waals surface area contributed by atoms with E-state index >= 15 is 0 Å². The zero-order valence-corrected chi connectivity index (χ0v) is 12.1. The molecule has 0 bridgehead atoms. The van der Waals surface area contributed by atoms with Crippen molar-refractivity contribution < 1.29 is 21.6 Å². The van der Waals surface area contributed by atoms with E-state index < -0.39 is 32.4 Å². The first kappa shape index (κ1) is 14.9. The summed E-state index contributed by atoms with van der Waals surface area (Å²) in [5.74, 6) is -2.99. The van der Waals surface area contributed by atoms with E-state index in [1.165, 1.54) is 12.1 Å². The molecule has 0 amide bonds. The number of sulfonamides is 1. The molecule has 20 heavy (non-hydrogen) atoms. The minimum atomic E-state index is -4.34. The number of rotatable bonds is 3. The molecule has 0 radical (unpaired) electrons. The second kappa shape index (κ2) is 5.45. The molecule has 0 fully saturated rings. The molecule has 106 valence electrons. The summed E-state index contributed by atoms with van der Waals surface area (Å²) in [6.07, 6.45) is 0. The molecule has 3 nitrogen and oxygen atoms in total. The van der Waals surface area contributed by atoms with Gasteiger partial charge in [0.25, 0.3) is 10.0 Å². The first-order chi connectivity index (χ1) is 9.29. The summed E-state index contributed by atoms with van der Waals surface area (Å²) < 4.78 is 65.9. The summed E-state index contributed by atoms with van der Waals surface area (Å²) in [7, 11) is -4.34. The molecule has 1 N–H and O–H groups in total. The fourth-order valence-electron chi connectivity index (χ4n) is 1.47. The van der Waals surface area contributed by atoms with Crippen molar-refractivity contribution in [2.24, 2.45) is 0 Å². The van der Waals surface area contributed by atoms with Crippen LogP contribution in [-0.4, -0.2) is 8.42 Å². The van der Waals surface area contributed by atoms with Crippen LogP contribution < -0.4 is 4.72 Å². The Labute approximate surface area is 121 Å². The standard InChI is InChI=1S/C12H7BrF3NO2S/c13-7-1-3-11(9(15)5-7)17-20(18,19)12-4-2-8(14)6-10(12)16/h1-6,17H. The van der Waals surface area contributed by atoms with Gasteiger partial charge in [0.15, 0.2) is 0 Å². The quantitative estimate of drug-likeness (QED) is 0.901. The highest BCUT2D eigenvalue weighted by Crippen LogP contribution is 2.23. The highest BCUT2D eigenvalue weighted by Gasteiger charge is 2.21. The molecule has 0 heterocycles. The lowest BCUT2D eigenvalue weighted by Crippen LogP contribution is -2.15. The van der Waals surface area contributed by atoms with Crippen molar-refractivity contribution in [1.29, 1.82) is 0 Å². The van der Waals surface area contributed by atoms with Gasteiger partial charge in [-0.05, 0) is 30.3 Å². The average Bonchev–Trinajstić information content (AvgIpc) is 2.32. The minimum Gasteiger partial charge on any atom is -0.277 e. The van der Waals surface area contributed by atoms with E-state index in [1.807, 2.05) is 4.72 Å². The monoisotopic (exact) mass is 365 g/mol. The van der Waals surface area contributed by atoms with Crippen molar-refractivity contribution in [2.75, 3.05) is 4.72 Å². The van der Waals surface area contributed by atoms with Crippen molar-refractivity contribution in [2.45, 2.75) is 4.90 Å². The maximum Gasteiger partial charge on any atom is 0.264 e. The van der Waals surface area contributed by atoms with E-state index in [0.29, 0.717) is 10.5 Å². The van der Waals surface area contributed by atoms with Gasteiger partial charge in [-0.3, -0.25) is 4.72 Å². The van der Waals surface area contributed by atoms with Crippen LogP contribution in [0.25, 0.3) is 0 Å². The normalized spacial score (nSPS) is 11.4. The van der Waals surface area contributed by atoms with Gasteiger partial charge in [-0.15, -0.1) is 0 Å². The smallest absolute Gasteiger partial charge is 0.264 e. The van der Waals surface area contributed by atoms with Crippen LogP contribution in [0.15, 0.2) is 45.8 Å². The highest BCUT2D eigenvalue weighted by molar-refractivity contribution is 9.10. The van der Waals surface area contributed by atoms with Crippen LogP contribution in [0.2, 0.25) is 0 Å². The van der Waals surface area contributed by atoms with E-state index in [2.05, 4.69) is 15.9 Å². The van der Waals surface area contributed by atoms with E-state index in [1.54, 1.807) is 0 Å². The first-order valence-electron chi connectivity index (χ1n) is 5.22. The van der Waals surface area contributed by atoms with Gasteiger partial charge in [-0.25, -0.2) is 21.6 Å². The summed E-state index contributed by atoms with van der Waals surface area (Å²) in [6, 6.07) is 5.66. The van der Waals surface area contributed by atoms with E-state index in [4.69, 9.17) is 0 Å². The number of hydrogen-bond acceptors (Lipinski definition) is 2. The number of anilines is 1. The minimum absolute atomic E-state index is 0.336. The van der Waals surface area contributed by atoms with Gasteiger partial charge in [0.05, 0.1) is 5.69 Å². The number of nitrogens with one attached hydrogen (secondary N) is 1. The Morgan fingerprint density at radius 2 is 1.65 bits per heavy atom. The predicted octanol–water partition coefficient (Wildman–Crippen LogP) is 3.67. The average molecular weight is 366 g/mol. The summed E-state index contributed by atoms with van der Waals surface area (Å²) in [6.45, 7) is 0. The molecule has 0 atom stereocenters. The molecule has 0 aromatic heterocycles. The zero-order valence-electron chi connectivity index (χ0n) is 9.70. The van der Waals surface area contributed by atoms with Crippen LogP contribution in [0.3, 0.4) is 0 Å². The van der Waals surface area contributed by atoms with Crippen LogP contribution in [-0.2, 0) is 10.0 Å². The number of benzene rings is 2. The Hall–Kier alpha value is -1.54. The summed E-state index contributed by atoms with van der Waals surface area (Å²) in [5.41, 5.74) is -0.336. The fraction of sp³-hybridized carbons (Fsp3) is 0. The van der Waals surface area contributed by atoms with Crippen LogP contribution >= 0.6 is 15.9 Å². The Bertz CT molecular complexity index is 765. The van der Waals surface area contributed by atoms with E-state index in [9.17, 15) is 21.6 Å². The predicted molar refractivity (Wildman–Crippen MR) is 71.3 cm³/mol. The lowest BCUT2D eigenvalue weighted by molar-refractivity contribution is 0.550. The van der Waals surface area contributed by atoms with Gasteiger partial charge in [-0.2, -0.15) is 0 Å². The largest absolute Gasteiger partial charge is 0.277 e. The summed E-state index contributed by atoms with van der Waals surface area (Å²) >= 11 is 3.02. The van der Waals surface area contributed by atoms with Crippen LogP contribution in [0.1, 0.15) is 0 Å². The highest BCUT2D eigenvalue weighted by atomic mass is 79.9. The third-order valence-corrected chi connectivity index (χ3v) is 4.25. The van der Waals surface area contributed by atoms with Gasteiger partial charge < -0.3 is 0 Å². The molecule has 0 aliphatic carbocycles. The molecule has 0 saturated heterocycles. The maximum absolute atomic E-state index is 13.6. The molecule has 2 rings (SSSR count). The zero-order chi connectivity index (χ0) is 14.9. The Balaban J connectivity index is 2.41. The summed E-state index contributed by atoms with van der Waals surface area (Å²) in [5, 5.41) is 0. The lowest BCUT2D eigenvalue weighted by Gasteiger charge is -2.10. The van der Waals surface area contributed by atoms with E-state index in [-0.39, 0.29) is 5.69 Å². The van der Waals surface area contributed by atoms with Crippen molar-refractivity contribution in [3.63, 3.8) is 0 Å². The summed E-state index contributed by atoms with van der Waals surface area (Å²) in [4.78, 5) is -0.763. The Morgan fingerprint density at radius 3 is 2.25 bits per heavy atom. The third kappa shape index (κ3) is 3.13. The number of hydrogen-bond donors (Lipinski definition) is 1. The molecule has 0 aliphatic heterocycles. The second-order valence-corrected chi connectivity index (χ2v) is 6.37. The molecule has 0 spiro atoms. The van der Waals surface area contributed by atoms with Crippen LogP contribution in [0.5, 0.6) is 0 Å². The van der Waals surface area contributed by atoms with Gasteiger partial charge >= 0.3 is 0 Å². The van der Waals surface area contributed by atoms with Crippen LogP contribution in [0.4, 0.5) is 18.9 Å². The lowest BCUT2D eigenvalue weighted by atomic mass is 10.3. The molecule has 0 unspecified atom stereocenters. The third-order valence-electron chi connectivity index (χ3n) is 2.36. The van der Waals surface area contributed by atoms with E-state index in [0.717, 1.165) is 18.2 Å². The molecular weight excluding hydrogens is 359 g/mol. The van der Waals surface area contributed by atoms with Gasteiger partial charge in [-0.1, -0.05) is 15.9 Å². The Morgan fingerprint density at radius 1 is 0.950 bits per heavy atom. The van der Waals surface area contributed by atoms with Crippen molar-refractivity contribution >= 4 is 31.6 Å². The fourth-order valence-corrected chi connectivity index (χ4v) is 2.93. The van der Waals surface area contributed by atoms with Gasteiger partial charge in [0.1, 0.15) is 22.3 Å². The van der Waals surface area contributed by atoms with Gasteiger partial charge in [0, 0.05) is 10.5 Å². The molecule has 0 saturated carbocycles. The molecular formula is C12H7BrF3NO2S. The SMILES string of the molecule is O=S(=O)(Nc1ccc(Br)cc1F)c1ccc(F)cc1F. The topological polar surface area (TPSA) is 46.2 Å². The second-order valence-electron chi connectivity index (χ2n) is 3.80. The van der Waals surface area contributed by atoms with Gasteiger partial charge in [0.2, 0.25) is 0 Å². The Kier molecular flexibility index (Phi) is 4.05. The molecule has 0 aliphatic rings. The van der Waals surface area contributed by atoms with Crippen LogP contribution in [0, 0.1) is 17.5 Å². The molecule has 8 heteroatoms. The first-order valence-corrected chi connectivity index (χ1v) is 7.50. The van der Waals surface area contributed by atoms with Crippen molar-refractivity contribution in [1.82, 2.24) is 0 Å². The maximum atomic E-state index is 13.6. The number of halogens is 4. The molecule has 2 aromatic carbocycles.